The maximum absolute atomic E-state index is 9.22. The zero-order chi connectivity index (χ0) is 16.6. The van der Waals surface area contributed by atoms with E-state index >= 15 is 0 Å². The van der Waals surface area contributed by atoms with Gasteiger partial charge in [0, 0.05) is 12.2 Å². The van der Waals surface area contributed by atoms with Gasteiger partial charge in [0.25, 0.3) is 0 Å². The van der Waals surface area contributed by atoms with Gasteiger partial charge in [-0.3, -0.25) is 0 Å². The Morgan fingerprint density at radius 1 is 0.750 bits per heavy atom. The summed E-state index contributed by atoms with van der Waals surface area (Å²) < 4.78 is 0. The normalized spacial score (nSPS) is 9.83. The van der Waals surface area contributed by atoms with E-state index in [2.05, 4.69) is 27.6 Å². The second-order valence-electron chi connectivity index (χ2n) is 5.36. The Bertz CT molecular complexity index is 821. The van der Waals surface area contributed by atoms with Gasteiger partial charge in [0.2, 0.25) is 0 Å². The summed E-state index contributed by atoms with van der Waals surface area (Å²) in [5, 5.41) is 6.50. The summed E-state index contributed by atoms with van der Waals surface area (Å²) in [6.07, 6.45) is 0. The Balaban J connectivity index is 1.63. The fourth-order valence-corrected chi connectivity index (χ4v) is 2.36. The average molecular weight is 314 g/mol. The van der Waals surface area contributed by atoms with Crippen molar-refractivity contribution in [2.24, 2.45) is 0 Å². The Hall–Kier alpha value is -3.36. The van der Waals surface area contributed by atoms with E-state index in [0.717, 1.165) is 23.5 Å². The van der Waals surface area contributed by atoms with Gasteiger partial charge in [0.15, 0.2) is 0 Å². The van der Waals surface area contributed by atoms with Crippen LogP contribution in [-0.4, -0.2) is 10.6 Å². The molecular formula is C20H18N4. The topological polar surface area (TPSA) is 60.5 Å². The van der Waals surface area contributed by atoms with Crippen LogP contribution in [0.25, 0.3) is 5.53 Å². The van der Waals surface area contributed by atoms with E-state index in [1.165, 1.54) is 5.56 Å². The van der Waals surface area contributed by atoms with E-state index in [1.54, 1.807) is 0 Å². The highest BCUT2D eigenvalue weighted by molar-refractivity contribution is 6.04. The number of hydrogen-bond donors (Lipinski definition) is 2. The molecule has 0 atom stereocenters. The molecule has 4 heteroatoms. The summed E-state index contributed by atoms with van der Waals surface area (Å²) in [4.78, 5) is 3.34. The summed E-state index contributed by atoms with van der Waals surface area (Å²) in [6.45, 7) is 0.779. The summed E-state index contributed by atoms with van der Waals surface area (Å²) in [6, 6.07) is 27.6. The molecule has 0 saturated carbocycles. The number of benzene rings is 3. The smallest absolute Gasteiger partial charge is 0.364 e. The van der Waals surface area contributed by atoms with Gasteiger partial charge in [-0.25, -0.2) is 5.32 Å². The van der Waals surface area contributed by atoms with Gasteiger partial charge in [0.05, 0.1) is 5.56 Å². The van der Waals surface area contributed by atoms with Crippen molar-refractivity contribution in [3.8, 4) is 0 Å². The van der Waals surface area contributed by atoms with Crippen LogP contribution in [0.4, 0.5) is 11.4 Å². The Labute approximate surface area is 141 Å². The summed E-state index contributed by atoms with van der Waals surface area (Å²) in [5.41, 5.74) is 13.2. The van der Waals surface area contributed by atoms with Crippen molar-refractivity contribution >= 4 is 17.2 Å². The Kier molecular flexibility index (Phi) is 5.03. The van der Waals surface area contributed by atoms with E-state index in [9.17, 15) is 5.53 Å². The molecule has 0 aliphatic heterocycles. The molecule has 3 aromatic carbocycles. The fraction of sp³-hybridized carbons (Fsp3) is 0.0500. The first-order valence-electron chi connectivity index (χ1n) is 7.77. The molecule has 0 saturated heterocycles. The van der Waals surface area contributed by atoms with Crippen LogP contribution in [0.3, 0.4) is 0 Å². The zero-order valence-electron chi connectivity index (χ0n) is 13.2. The van der Waals surface area contributed by atoms with Crippen molar-refractivity contribution in [2.75, 3.05) is 10.6 Å². The lowest BCUT2D eigenvalue weighted by Gasteiger charge is -2.07. The minimum atomic E-state index is 0.417. The molecule has 0 aliphatic carbocycles. The second kappa shape index (κ2) is 7.77. The van der Waals surface area contributed by atoms with E-state index in [-0.39, 0.29) is 0 Å². The van der Waals surface area contributed by atoms with Crippen LogP contribution in [0.2, 0.25) is 0 Å². The van der Waals surface area contributed by atoms with Crippen LogP contribution in [0, 0.1) is 0 Å². The predicted octanol–water partition coefficient (Wildman–Crippen LogP) is 4.39. The van der Waals surface area contributed by atoms with E-state index in [4.69, 9.17) is 0 Å². The van der Waals surface area contributed by atoms with Crippen molar-refractivity contribution in [2.45, 2.75) is 6.54 Å². The predicted molar refractivity (Wildman–Crippen MR) is 98.0 cm³/mol. The van der Waals surface area contributed by atoms with E-state index in [0.29, 0.717) is 5.84 Å². The molecule has 0 spiro atoms. The molecule has 0 heterocycles. The first-order chi connectivity index (χ1) is 11.8. The standard InChI is InChI=1S/C20H18N4/c21-24-20(17-9-5-2-6-10-17)23-19-13-11-18(12-14-19)22-15-16-7-3-1-4-8-16/h1-14,22-23H,15H2. The van der Waals surface area contributed by atoms with Crippen LogP contribution in [0.5, 0.6) is 0 Å². The number of amidine groups is 1. The highest BCUT2D eigenvalue weighted by Crippen LogP contribution is 2.15. The van der Waals surface area contributed by atoms with Crippen molar-refractivity contribution in [3.63, 3.8) is 0 Å². The van der Waals surface area contributed by atoms with Crippen LogP contribution in [0.1, 0.15) is 11.1 Å². The van der Waals surface area contributed by atoms with Crippen molar-refractivity contribution in [1.82, 2.24) is 0 Å². The first kappa shape index (κ1) is 15.5. The number of hydrogen-bond acceptors (Lipinski definition) is 1. The molecule has 0 bridgehead atoms. The number of rotatable bonds is 5. The molecule has 0 aromatic heterocycles. The highest BCUT2D eigenvalue weighted by Gasteiger charge is 2.11. The summed E-state index contributed by atoms with van der Waals surface area (Å²) >= 11 is 0. The third-order valence-corrected chi connectivity index (χ3v) is 3.63. The maximum Gasteiger partial charge on any atom is 0.364 e. The molecule has 24 heavy (non-hydrogen) atoms. The number of anilines is 2. The van der Waals surface area contributed by atoms with Crippen molar-refractivity contribution in [1.29, 1.82) is 0 Å². The Morgan fingerprint density at radius 2 is 1.33 bits per heavy atom. The van der Waals surface area contributed by atoms with E-state index in [1.807, 2.05) is 72.8 Å². The fourth-order valence-electron chi connectivity index (χ4n) is 2.36. The van der Waals surface area contributed by atoms with Crippen molar-refractivity contribution in [3.05, 3.63) is 102 Å². The van der Waals surface area contributed by atoms with Crippen molar-refractivity contribution < 1.29 is 4.79 Å². The van der Waals surface area contributed by atoms with Gasteiger partial charge in [-0.15, -0.1) is 0 Å². The number of nitrogens with one attached hydrogen (secondary N) is 2. The summed E-state index contributed by atoms with van der Waals surface area (Å²) in [7, 11) is 0. The quantitative estimate of drug-likeness (QED) is 0.317. The molecule has 118 valence electrons. The summed E-state index contributed by atoms with van der Waals surface area (Å²) in [5.74, 6) is 0.417. The minimum absolute atomic E-state index is 0.417. The molecule has 3 aromatic rings. The second-order valence-corrected chi connectivity index (χ2v) is 5.36. The maximum atomic E-state index is 9.22. The van der Waals surface area contributed by atoms with Gasteiger partial charge in [0.1, 0.15) is 5.69 Å². The molecule has 0 unspecified atom stereocenters. The first-order valence-corrected chi connectivity index (χ1v) is 7.77. The SMILES string of the molecule is [N-]=[N+]=C(Nc1ccc(NCc2ccccc2)cc1)c1ccccc1. The van der Waals surface area contributed by atoms with Gasteiger partial charge in [-0.2, -0.15) is 0 Å². The average Bonchev–Trinajstić information content (AvgIpc) is 2.67. The minimum Gasteiger partial charge on any atom is -0.497 e. The molecule has 0 radical (unpaired) electrons. The van der Waals surface area contributed by atoms with Gasteiger partial charge in [-0.1, -0.05) is 48.5 Å². The largest absolute Gasteiger partial charge is 0.497 e. The molecule has 0 fully saturated rings. The molecule has 0 aliphatic rings. The lowest BCUT2D eigenvalue weighted by atomic mass is 10.2. The zero-order valence-corrected chi connectivity index (χ0v) is 13.2. The van der Waals surface area contributed by atoms with Gasteiger partial charge >= 0.3 is 5.84 Å². The number of nitrogens with zero attached hydrogens (tertiary/aromatic N) is 2. The molecule has 3 rings (SSSR count). The molecule has 2 N–H and O–H groups in total. The van der Waals surface area contributed by atoms with Crippen LogP contribution < -0.4 is 10.6 Å². The van der Waals surface area contributed by atoms with Crippen LogP contribution >= 0.6 is 0 Å². The third kappa shape index (κ3) is 4.09. The third-order valence-electron chi connectivity index (χ3n) is 3.63. The molecule has 4 nitrogen and oxygen atoms in total. The monoisotopic (exact) mass is 314 g/mol. The van der Waals surface area contributed by atoms with Gasteiger partial charge in [-0.05, 0) is 42.0 Å². The molecular weight excluding hydrogens is 296 g/mol. The van der Waals surface area contributed by atoms with E-state index < -0.39 is 0 Å². The lowest BCUT2D eigenvalue weighted by molar-refractivity contribution is -0.00380. The molecule has 0 amide bonds. The highest BCUT2D eigenvalue weighted by atomic mass is 15.0. The van der Waals surface area contributed by atoms with Crippen LogP contribution in [-0.2, 0) is 6.54 Å². The Morgan fingerprint density at radius 3 is 1.96 bits per heavy atom. The van der Waals surface area contributed by atoms with Gasteiger partial charge < -0.3 is 15.6 Å². The van der Waals surface area contributed by atoms with Crippen LogP contribution in [0.15, 0.2) is 84.9 Å². The lowest BCUT2D eigenvalue weighted by Crippen LogP contribution is -2.14.